The molecule has 0 unspecified atom stereocenters. The second-order valence-electron chi connectivity index (χ2n) is 7.56. The molecule has 0 N–H and O–H groups in total. The molecule has 31 heavy (non-hydrogen) atoms. The summed E-state index contributed by atoms with van der Waals surface area (Å²) in [5.41, 5.74) is 2.54. The van der Waals surface area contributed by atoms with Gasteiger partial charge in [-0.3, -0.25) is 10.1 Å². The Bertz CT molecular complexity index is 993. The second kappa shape index (κ2) is 10.4. The molecule has 0 saturated heterocycles. The first-order valence-electron chi connectivity index (χ1n) is 10.2. The van der Waals surface area contributed by atoms with Crippen LogP contribution in [0, 0.1) is 16.0 Å². The van der Waals surface area contributed by atoms with Crippen molar-refractivity contribution in [1.29, 1.82) is 0 Å². The molecular formula is C25H27N3O3. The Hall–Kier alpha value is -3.67. The highest BCUT2D eigenvalue weighted by Crippen LogP contribution is 2.32. The van der Waals surface area contributed by atoms with Crippen LogP contribution >= 0.6 is 0 Å². The van der Waals surface area contributed by atoms with Gasteiger partial charge in [0, 0.05) is 31.1 Å². The van der Waals surface area contributed by atoms with E-state index in [4.69, 9.17) is 9.73 Å². The number of amidine groups is 1. The number of methoxy groups -OCH3 is 1. The Morgan fingerprint density at radius 2 is 1.52 bits per heavy atom. The number of hydrogen-bond donors (Lipinski definition) is 0. The summed E-state index contributed by atoms with van der Waals surface area (Å²) in [6.07, 6.45) is 0. The van der Waals surface area contributed by atoms with Gasteiger partial charge in [-0.2, -0.15) is 0 Å². The van der Waals surface area contributed by atoms with Gasteiger partial charge in [0.25, 0.3) is 5.69 Å². The topological polar surface area (TPSA) is 68.0 Å². The molecule has 0 radical (unpaired) electrons. The van der Waals surface area contributed by atoms with Crippen molar-refractivity contribution >= 4 is 17.2 Å². The summed E-state index contributed by atoms with van der Waals surface area (Å²) in [6, 6.07) is 24.9. The van der Waals surface area contributed by atoms with Gasteiger partial charge in [0.05, 0.1) is 12.0 Å². The van der Waals surface area contributed by atoms with Gasteiger partial charge in [-0.25, -0.2) is 4.99 Å². The van der Waals surface area contributed by atoms with Crippen LogP contribution in [0.3, 0.4) is 0 Å². The number of nitrogens with zero attached hydrogens (tertiary/aromatic N) is 3. The van der Waals surface area contributed by atoms with E-state index in [9.17, 15) is 10.1 Å². The molecule has 6 heteroatoms. The van der Waals surface area contributed by atoms with Crippen molar-refractivity contribution < 1.29 is 9.66 Å². The van der Waals surface area contributed by atoms with Gasteiger partial charge in [-0.05, 0) is 17.2 Å². The zero-order valence-electron chi connectivity index (χ0n) is 18.1. The number of benzene rings is 3. The first-order chi connectivity index (χ1) is 15.0. The summed E-state index contributed by atoms with van der Waals surface area (Å²) in [5, 5.41) is 11.6. The van der Waals surface area contributed by atoms with Crippen molar-refractivity contribution in [2.45, 2.75) is 26.9 Å². The van der Waals surface area contributed by atoms with E-state index < -0.39 is 4.92 Å². The summed E-state index contributed by atoms with van der Waals surface area (Å²) in [7, 11) is 1.54. The summed E-state index contributed by atoms with van der Waals surface area (Å²) in [6.45, 7) is 5.39. The van der Waals surface area contributed by atoms with E-state index in [1.165, 1.54) is 13.2 Å². The van der Waals surface area contributed by atoms with Crippen LogP contribution in [0.15, 0.2) is 83.9 Å². The lowest BCUT2D eigenvalue weighted by Crippen LogP contribution is -2.33. The van der Waals surface area contributed by atoms with Gasteiger partial charge >= 0.3 is 0 Å². The van der Waals surface area contributed by atoms with E-state index >= 15 is 0 Å². The summed E-state index contributed by atoms with van der Waals surface area (Å²) >= 11 is 0. The third-order valence-corrected chi connectivity index (χ3v) is 4.89. The molecule has 0 bridgehead atoms. The maximum atomic E-state index is 11.6. The van der Waals surface area contributed by atoms with E-state index in [1.54, 1.807) is 12.1 Å². The molecule has 3 aromatic carbocycles. The molecule has 0 atom stereocenters. The molecular weight excluding hydrogens is 390 g/mol. The van der Waals surface area contributed by atoms with Crippen LogP contribution in [0.25, 0.3) is 0 Å². The lowest BCUT2D eigenvalue weighted by molar-refractivity contribution is -0.384. The van der Waals surface area contributed by atoms with Crippen molar-refractivity contribution in [2.24, 2.45) is 10.9 Å². The highest BCUT2D eigenvalue weighted by atomic mass is 16.6. The maximum Gasteiger partial charge on any atom is 0.295 e. The molecule has 3 rings (SSSR count). The van der Waals surface area contributed by atoms with Crippen molar-refractivity contribution in [2.75, 3.05) is 7.11 Å². The number of aliphatic imine (C=N–C) groups is 1. The standard InChI is InChI=1S/C25H27N3O3/c1-19(2)25(26-23-16-22(31-3)14-15-24(23)28(29)30)27(17-20-10-6-4-7-11-20)18-21-12-8-5-9-13-21/h4-16,19H,17-18H2,1-3H3. The number of ether oxygens (including phenoxy) is 1. The monoisotopic (exact) mass is 417 g/mol. The summed E-state index contributed by atoms with van der Waals surface area (Å²) < 4.78 is 5.28. The average Bonchev–Trinajstić information content (AvgIpc) is 2.78. The lowest BCUT2D eigenvalue weighted by atomic mass is 10.1. The molecule has 0 heterocycles. The Labute approximate surface area is 183 Å². The predicted molar refractivity (Wildman–Crippen MR) is 124 cm³/mol. The van der Waals surface area contributed by atoms with Crippen LogP contribution in [-0.4, -0.2) is 22.8 Å². The first-order valence-corrected chi connectivity index (χ1v) is 10.2. The zero-order valence-corrected chi connectivity index (χ0v) is 18.1. The molecule has 0 saturated carbocycles. The van der Waals surface area contributed by atoms with Crippen LogP contribution in [0.4, 0.5) is 11.4 Å². The van der Waals surface area contributed by atoms with Crippen LogP contribution in [0.1, 0.15) is 25.0 Å². The van der Waals surface area contributed by atoms with E-state index in [0.717, 1.165) is 17.0 Å². The molecule has 0 amide bonds. The average molecular weight is 418 g/mol. The van der Waals surface area contributed by atoms with Crippen LogP contribution < -0.4 is 4.74 Å². The molecule has 0 aliphatic rings. The Kier molecular flexibility index (Phi) is 7.38. The van der Waals surface area contributed by atoms with E-state index in [1.807, 2.05) is 50.2 Å². The minimum atomic E-state index is -0.408. The molecule has 0 aromatic heterocycles. The van der Waals surface area contributed by atoms with Gasteiger partial charge in [0.1, 0.15) is 17.3 Å². The largest absolute Gasteiger partial charge is 0.497 e. The fraction of sp³-hybridized carbons (Fsp3) is 0.240. The zero-order chi connectivity index (χ0) is 22.2. The van der Waals surface area contributed by atoms with E-state index in [2.05, 4.69) is 29.2 Å². The van der Waals surface area contributed by atoms with Gasteiger partial charge < -0.3 is 9.64 Å². The van der Waals surface area contributed by atoms with Crippen molar-refractivity contribution in [1.82, 2.24) is 4.90 Å². The first kappa shape index (κ1) is 22.0. The number of nitro benzene ring substituents is 1. The lowest BCUT2D eigenvalue weighted by Gasteiger charge is -2.29. The highest BCUT2D eigenvalue weighted by molar-refractivity contribution is 5.88. The summed E-state index contributed by atoms with van der Waals surface area (Å²) in [5.74, 6) is 1.37. The molecule has 0 spiro atoms. The fourth-order valence-electron chi connectivity index (χ4n) is 3.39. The quantitative estimate of drug-likeness (QED) is 0.195. The smallest absolute Gasteiger partial charge is 0.295 e. The number of rotatable bonds is 8. The maximum absolute atomic E-state index is 11.6. The number of hydrogen-bond acceptors (Lipinski definition) is 4. The molecule has 3 aromatic rings. The number of nitro groups is 1. The predicted octanol–water partition coefficient (Wildman–Crippen LogP) is 5.99. The minimum Gasteiger partial charge on any atom is -0.497 e. The fourth-order valence-corrected chi connectivity index (χ4v) is 3.39. The van der Waals surface area contributed by atoms with Crippen molar-refractivity contribution in [3.63, 3.8) is 0 Å². The van der Waals surface area contributed by atoms with Gasteiger partial charge in [0.15, 0.2) is 0 Å². The Morgan fingerprint density at radius 3 is 1.97 bits per heavy atom. The molecule has 0 aliphatic heterocycles. The van der Waals surface area contributed by atoms with Gasteiger partial charge in [-0.1, -0.05) is 74.5 Å². The van der Waals surface area contributed by atoms with Crippen LogP contribution in [0.5, 0.6) is 5.75 Å². The normalized spacial score (nSPS) is 11.4. The van der Waals surface area contributed by atoms with Gasteiger partial charge in [0.2, 0.25) is 0 Å². The van der Waals surface area contributed by atoms with Crippen LogP contribution in [-0.2, 0) is 13.1 Å². The van der Waals surface area contributed by atoms with Crippen LogP contribution in [0.2, 0.25) is 0 Å². The van der Waals surface area contributed by atoms with Crippen molar-refractivity contribution in [3.8, 4) is 5.75 Å². The Balaban J connectivity index is 2.07. The SMILES string of the molecule is COc1ccc([N+](=O)[O-])c(N=C(C(C)C)N(Cc2ccccc2)Cc2ccccc2)c1. The third-order valence-electron chi connectivity index (χ3n) is 4.89. The molecule has 160 valence electrons. The second-order valence-corrected chi connectivity index (χ2v) is 7.56. The minimum absolute atomic E-state index is 0.0432. The van der Waals surface area contributed by atoms with E-state index in [-0.39, 0.29) is 11.6 Å². The molecule has 0 fully saturated rings. The highest BCUT2D eigenvalue weighted by Gasteiger charge is 2.20. The third kappa shape index (κ3) is 5.92. The van der Waals surface area contributed by atoms with E-state index in [0.29, 0.717) is 24.5 Å². The molecule has 6 nitrogen and oxygen atoms in total. The summed E-state index contributed by atoms with van der Waals surface area (Å²) in [4.78, 5) is 18.2. The van der Waals surface area contributed by atoms with Gasteiger partial charge in [-0.15, -0.1) is 0 Å². The van der Waals surface area contributed by atoms with Crippen molar-refractivity contribution in [3.05, 3.63) is 100 Å². The Morgan fingerprint density at radius 1 is 0.968 bits per heavy atom. The molecule has 0 aliphatic carbocycles.